The van der Waals surface area contributed by atoms with Crippen LogP contribution in [0, 0.1) is 6.92 Å². The second kappa shape index (κ2) is 6.06. The molecule has 3 aromatic rings. The molecule has 3 rings (SSSR count). The van der Waals surface area contributed by atoms with E-state index in [1.165, 1.54) is 11.6 Å². The first-order chi connectivity index (χ1) is 10.7. The molecule has 0 unspecified atom stereocenters. The molecule has 0 saturated heterocycles. The minimum atomic E-state index is -0.0567. The zero-order valence-electron chi connectivity index (χ0n) is 12.8. The van der Waals surface area contributed by atoms with Gasteiger partial charge in [0.15, 0.2) is 5.43 Å². The lowest BCUT2D eigenvalue weighted by Gasteiger charge is -2.07. The fraction of sp³-hybridized carbons (Fsp3) is 0.211. The monoisotopic (exact) mass is 294 g/mol. The van der Waals surface area contributed by atoms with Gasteiger partial charge in [-0.2, -0.15) is 0 Å². The van der Waals surface area contributed by atoms with Crippen molar-refractivity contribution in [2.24, 2.45) is 0 Å². The van der Waals surface area contributed by atoms with Crippen LogP contribution in [-0.4, -0.2) is 6.61 Å². The van der Waals surface area contributed by atoms with Crippen LogP contribution < -0.4 is 10.2 Å². The molecule has 0 radical (unpaired) electrons. The maximum absolute atomic E-state index is 12.4. The molecule has 0 amide bonds. The second-order valence-corrected chi connectivity index (χ2v) is 5.35. The summed E-state index contributed by atoms with van der Waals surface area (Å²) in [5.41, 5.74) is 2.59. The van der Waals surface area contributed by atoms with Gasteiger partial charge in [-0.25, -0.2) is 0 Å². The molecule has 112 valence electrons. The van der Waals surface area contributed by atoms with E-state index in [2.05, 4.69) is 0 Å². The molecule has 0 N–H and O–H groups in total. The van der Waals surface area contributed by atoms with Gasteiger partial charge in [-0.1, -0.05) is 36.8 Å². The molecule has 0 aliphatic heterocycles. The normalized spacial score (nSPS) is 10.8. The second-order valence-electron chi connectivity index (χ2n) is 5.35. The van der Waals surface area contributed by atoms with E-state index < -0.39 is 0 Å². The molecular formula is C19H18O3. The van der Waals surface area contributed by atoms with Crippen LogP contribution in [-0.2, 0) is 0 Å². The number of rotatable bonds is 4. The Morgan fingerprint density at radius 1 is 1.05 bits per heavy atom. The van der Waals surface area contributed by atoms with Crippen LogP contribution in [0.4, 0.5) is 0 Å². The molecule has 1 aromatic heterocycles. The summed E-state index contributed by atoms with van der Waals surface area (Å²) in [5.74, 6) is 1.28. The smallest absolute Gasteiger partial charge is 0.193 e. The first-order valence-electron chi connectivity index (χ1n) is 7.45. The molecule has 2 aromatic carbocycles. The molecule has 0 aliphatic carbocycles. The van der Waals surface area contributed by atoms with Crippen molar-refractivity contribution in [2.75, 3.05) is 6.61 Å². The quantitative estimate of drug-likeness (QED) is 0.708. The summed E-state index contributed by atoms with van der Waals surface area (Å²) in [6.45, 7) is 4.71. The van der Waals surface area contributed by atoms with Gasteiger partial charge < -0.3 is 9.15 Å². The minimum absolute atomic E-state index is 0.0567. The van der Waals surface area contributed by atoms with Gasteiger partial charge in [-0.3, -0.25) is 4.79 Å². The van der Waals surface area contributed by atoms with E-state index in [1.807, 2.05) is 44.2 Å². The summed E-state index contributed by atoms with van der Waals surface area (Å²) in [4.78, 5) is 12.4. The summed E-state index contributed by atoms with van der Waals surface area (Å²) >= 11 is 0. The average Bonchev–Trinajstić information content (AvgIpc) is 2.53. The Kier molecular flexibility index (Phi) is 3.96. The highest BCUT2D eigenvalue weighted by molar-refractivity contribution is 5.80. The number of ether oxygens (including phenoxy) is 1. The first kappa shape index (κ1) is 14.4. The zero-order valence-corrected chi connectivity index (χ0v) is 12.8. The van der Waals surface area contributed by atoms with Crippen molar-refractivity contribution in [3.8, 4) is 17.1 Å². The van der Waals surface area contributed by atoms with E-state index in [0.717, 1.165) is 12.0 Å². The van der Waals surface area contributed by atoms with Crippen molar-refractivity contribution >= 4 is 11.0 Å². The van der Waals surface area contributed by atoms with Crippen molar-refractivity contribution < 1.29 is 9.15 Å². The lowest BCUT2D eigenvalue weighted by Crippen LogP contribution is -2.02. The Hall–Kier alpha value is -2.55. The Bertz CT molecular complexity index is 845. The maximum atomic E-state index is 12.4. The molecule has 22 heavy (non-hydrogen) atoms. The van der Waals surface area contributed by atoms with E-state index in [0.29, 0.717) is 29.1 Å². The minimum Gasteiger partial charge on any atom is -0.494 e. The van der Waals surface area contributed by atoms with Crippen LogP contribution in [0.2, 0.25) is 0 Å². The van der Waals surface area contributed by atoms with Gasteiger partial charge in [0.1, 0.15) is 17.1 Å². The molecule has 0 atom stereocenters. The Labute approximate surface area is 129 Å². The fourth-order valence-corrected chi connectivity index (χ4v) is 2.31. The number of benzene rings is 2. The molecule has 0 spiro atoms. The Balaban J connectivity index is 2.05. The van der Waals surface area contributed by atoms with Crippen molar-refractivity contribution in [3.63, 3.8) is 0 Å². The van der Waals surface area contributed by atoms with Crippen LogP contribution in [0.3, 0.4) is 0 Å². The molecule has 0 bridgehead atoms. The highest BCUT2D eigenvalue weighted by Crippen LogP contribution is 2.25. The van der Waals surface area contributed by atoms with Crippen LogP contribution in [0.1, 0.15) is 18.9 Å². The number of hydrogen-bond donors (Lipinski definition) is 0. The van der Waals surface area contributed by atoms with Crippen molar-refractivity contribution in [3.05, 3.63) is 64.3 Å². The standard InChI is InChI=1S/C19H18O3/c1-3-10-21-15-8-9-18-16(11-15)17(20)12-19(22-18)14-6-4-13(2)5-7-14/h4-9,11-12H,3,10H2,1-2H3. The SMILES string of the molecule is CCCOc1ccc2oc(-c3ccc(C)cc3)cc(=O)c2c1. The van der Waals surface area contributed by atoms with Crippen LogP contribution in [0.15, 0.2) is 57.7 Å². The van der Waals surface area contributed by atoms with E-state index in [9.17, 15) is 4.79 Å². The highest BCUT2D eigenvalue weighted by atomic mass is 16.5. The van der Waals surface area contributed by atoms with Crippen LogP contribution >= 0.6 is 0 Å². The maximum Gasteiger partial charge on any atom is 0.193 e. The van der Waals surface area contributed by atoms with Crippen molar-refractivity contribution in [1.82, 2.24) is 0 Å². The first-order valence-corrected chi connectivity index (χ1v) is 7.45. The summed E-state index contributed by atoms with van der Waals surface area (Å²) in [6.07, 6.45) is 0.930. The Morgan fingerprint density at radius 3 is 2.55 bits per heavy atom. The summed E-state index contributed by atoms with van der Waals surface area (Å²) in [7, 11) is 0. The van der Waals surface area contributed by atoms with Gasteiger partial charge in [0, 0.05) is 11.6 Å². The summed E-state index contributed by atoms with van der Waals surface area (Å²) in [6, 6.07) is 14.8. The van der Waals surface area contributed by atoms with Gasteiger partial charge in [-0.15, -0.1) is 0 Å². The van der Waals surface area contributed by atoms with E-state index in [1.54, 1.807) is 12.1 Å². The van der Waals surface area contributed by atoms with Gasteiger partial charge in [0.2, 0.25) is 0 Å². The number of aryl methyl sites for hydroxylation is 1. The van der Waals surface area contributed by atoms with Crippen molar-refractivity contribution in [2.45, 2.75) is 20.3 Å². The van der Waals surface area contributed by atoms with Gasteiger partial charge in [-0.05, 0) is 31.5 Å². The lowest BCUT2D eigenvalue weighted by molar-refractivity contribution is 0.317. The zero-order chi connectivity index (χ0) is 15.5. The molecule has 3 nitrogen and oxygen atoms in total. The molecular weight excluding hydrogens is 276 g/mol. The third kappa shape index (κ3) is 2.89. The predicted octanol–water partition coefficient (Wildman–Crippen LogP) is 4.56. The average molecular weight is 294 g/mol. The van der Waals surface area contributed by atoms with Gasteiger partial charge in [0.05, 0.1) is 12.0 Å². The van der Waals surface area contributed by atoms with E-state index in [-0.39, 0.29) is 5.43 Å². The molecule has 0 saturated carbocycles. The van der Waals surface area contributed by atoms with E-state index in [4.69, 9.17) is 9.15 Å². The molecule has 3 heteroatoms. The largest absolute Gasteiger partial charge is 0.494 e. The third-order valence-corrected chi connectivity index (χ3v) is 3.51. The summed E-state index contributed by atoms with van der Waals surface area (Å²) in [5, 5.41) is 0.546. The Morgan fingerprint density at radius 2 is 1.82 bits per heavy atom. The third-order valence-electron chi connectivity index (χ3n) is 3.51. The van der Waals surface area contributed by atoms with Gasteiger partial charge in [0.25, 0.3) is 0 Å². The fourth-order valence-electron chi connectivity index (χ4n) is 2.31. The van der Waals surface area contributed by atoms with E-state index >= 15 is 0 Å². The van der Waals surface area contributed by atoms with Crippen molar-refractivity contribution in [1.29, 1.82) is 0 Å². The molecule has 0 fully saturated rings. The highest BCUT2D eigenvalue weighted by Gasteiger charge is 2.08. The number of hydrogen-bond acceptors (Lipinski definition) is 3. The summed E-state index contributed by atoms with van der Waals surface area (Å²) < 4.78 is 11.4. The van der Waals surface area contributed by atoms with Gasteiger partial charge >= 0.3 is 0 Å². The molecule has 1 heterocycles. The van der Waals surface area contributed by atoms with Crippen LogP contribution in [0.25, 0.3) is 22.3 Å². The molecule has 0 aliphatic rings. The number of fused-ring (bicyclic) bond motifs is 1. The lowest BCUT2D eigenvalue weighted by atomic mass is 10.1. The topological polar surface area (TPSA) is 39.4 Å². The predicted molar refractivity (Wildman–Crippen MR) is 88.4 cm³/mol. The van der Waals surface area contributed by atoms with Crippen LogP contribution in [0.5, 0.6) is 5.75 Å².